The molecule has 0 aromatic heterocycles. The largest absolute Gasteiger partial charge is 0.445 e. The molecule has 1 aliphatic heterocycles. The molecule has 126 valence electrons. The topological polar surface area (TPSA) is 41.6 Å². The summed E-state index contributed by atoms with van der Waals surface area (Å²) in [6.45, 7) is 3.95. The number of rotatable bonds is 4. The van der Waals surface area contributed by atoms with E-state index in [1.165, 1.54) is 0 Å². The molecule has 24 heavy (non-hydrogen) atoms. The van der Waals surface area contributed by atoms with Gasteiger partial charge in [-0.3, -0.25) is 0 Å². The Bertz CT molecular complexity index is 645. The van der Waals surface area contributed by atoms with Crippen molar-refractivity contribution in [1.29, 1.82) is 0 Å². The summed E-state index contributed by atoms with van der Waals surface area (Å²) >= 11 is 0. The molecule has 0 saturated carbocycles. The van der Waals surface area contributed by atoms with Gasteiger partial charge >= 0.3 is 6.09 Å². The molecule has 1 amide bonds. The summed E-state index contributed by atoms with van der Waals surface area (Å²) in [6, 6.07) is 20.4. The number of ether oxygens (including phenoxy) is 1. The Balaban J connectivity index is 1.48. The molecule has 2 aromatic carbocycles. The summed E-state index contributed by atoms with van der Waals surface area (Å²) in [5.74, 6) is 0.378. The van der Waals surface area contributed by atoms with E-state index in [1.54, 1.807) is 0 Å². The lowest BCUT2D eigenvalue weighted by molar-refractivity contribution is 0.0787. The highest BCUT2D eigenvalue weighted by Crippen LogP contribution is 2.22. The number of hydrogen-bond donors (Lipinski definition) is 1. The van der Waals surface area contributed by atoms with Crippen LogP contribution in [0.4, 0.5) is 10.5 Å². The van der Waals surface area contributed by atoms with Crippen LogP contribution in [0.2, 0.25) is 0 Å². The maximum Gasteiger partial charge on any atom is 0.410 e. The van der Waals surface area contributed by atoms with Gasteiger partial charge in [0.25, 0.3) is 0 Å². The van der Waals surface area contributed by atoms with Crippen LogP contribution < -0.4 is 5.32 Å². The van der Waals surface area contributed by atoms with Gasteiger partial charge in [-0.2, -0.15) is 0 Å². The number of amides is 1. The number of likely N-dealkylation sites (tertiary alicyclic amines) is 1. The van der Waals surface area contributed by atoms with Crippen molar-refractivity contribution in [2.75, 3.05) is 18.4 Å². The molecule has 0 radical (unpaired) electrons. The standard InChI is InChI=1S/C20H24N2O2/c1-16-14-22(20(23)24-15-17-8-4-2-5-9-17)13-12-19(16)21-18-10-6-3-7-11-18/h2-11,16,19,21H,12-15H2,1H3/t16-,19+/m0/s1. The van der Waals surface area contributed by atoms with E-state index in [0.29, 0.717) is 18.6 Å². The first-order valence-corrected chi connectivity index (χ1v) is 8.49. The molecule has 1 heterocycles. The van der Waals surface area contributed by atoms with E-state index in [0.717, 1.165) is 30.8 Å². The SMILES string of the molecule is C[C@H]1CN(C(=O)OCc2ccccc2)CC[C@H]1Nc1ccccc1. The van der Waals surface area contributed by atoms with Crippen LogP contribution >= 0.6 is 0 Å². The Kier molecular flexibility index (Phi) is 5.36. The maximum atomic E-state index is 12.3. The second-order valence-electron chi connectivity index (χ2n) is 6.37. The minimum atomic E-state index is -0.219. The highest BCUT2D eigenvalue weighted by Gasteiger charge is 2.29. The zero-order chi connectivity index (χ0) is 16.8. The molecule has 4 nitrogen and oxygen atoms in total. The van der Waals surface area contributed by atoms with Crippen molar-refractivity contribution >= 4 is 11.8 Å². The summed E-state index contributed by atoms with van der Waals surface area (Å²) in [7, 11) is 0. The molecule has 0 aliphatic carbocycles. The van der Waals surface area contributed by atoms with E-state index in [4.69, 9.17) is 4.74 Å². The molecule has 1 fully saturated rings. The molecule has 2 atom stereocenters. The first-order chi connectivity index (χ1) is 11.7. The number of nitrogens with zero attached hydrogens (tertiary/aromatic N) is 1. The van der Waals surface area contributed by atoms with Crippen molar-refractivity contribution in [3.8, 4) is 0 Å². The van der Waals surface area contributed by atoms with Crippen molar-refractivity contribution in [3.05, 3.63) is 66.2 Å². The maximum absolute atomic E-state index is 12.3. The Morgan fingerprint density at radius 1 is 1.12 bits per heavy atom. The van der Waals surface area contributed by atoms with Crippen molar-refractivity contribution in [1.82, 2.24) is 4.90 Å². The molecule has 0 bridgehead atoms. The lowest BCUT2D eigenvalue weighted by Crippen LogP contribution is -2.47. The van der Waals surface area contributed by atoms with Crippen molar-refractivity contribution in [2.24, 2.45) is 5.92 Å². The van der Waals surface area contributed by atoms with Gasteiger partial charge in [0.2, 0.25) is 0 Å². The van der Waals surface area contributed by atoms with Crippen LogP contribution in [0, 0.1) is 5.92 Å². The van der Waals surface area contributed by atoms with Gasteiger partial charge < -0.3 is 15.0 Å². The molecule has 0 spiro atoms. The molecular formula is C20H24N2O2. The van der Waals surface area contributed by atoms with Gasteiger partial charge in [-0.25, -0.2) is 4.79 Å². The lowest BCUT2D eigenvalue weighted by atomic mass is 9.94. The van der Waals surface area contributed by atoms with E-state index in [2.05, 4.69) is 24.4 Å². The van der Waals surface area contributed by atoms with Crippen molar-refractivity contribution < 1.29 is 9.53 Å². The molecule has 2 aromatic rings. The quantitative estimate of drug-likeness (QED) is 0.919. The summed E-state index contributed by atoms with van der Waals surface area (Å²) < 4.78 is 5.44. The number of benzene rings is 2. The number of para-hydroxylation sites is 1. The van der Waals surface area contributed by atoms with Crippen LogP contribution in [0.1, 0.15) is 18.9 Å². The number of anilines is 1. The average Bonchev–Trinajstić information content (AvgIpc) is 2.63. The fourth-order valence-corrected chi connectivity index (χ4v) is 3.08. The van der Waals surface area contributed by atoms with E-state index in [-0.39, 0.29) is 6.09 Å². The van der Waals surface area contributed by atoms with Crippen molar-refractivity contribution in [2.45, 2.75) is 26.0 Å². The Labute approximate surface area is 143 Å². The molecule has 0 unspecified atom stereocenters. The monoisotopic (exact) mass is 324 g/mol. The van der Waals surface area contributed by atoms with Crippen LogP contribution in [0.3, 0.4) is 0 Å². The van der Waals surface area contributed by atoms with Crippen molar-refractivity contribution in [3.63, 3.8) is 0 Å². The summed E-state index contributed by atoms with van der Waals surface area (Å²) in [4.78, 5) is 14.1. The predicted octanol–water partition coefficient (Wildman–Crippen LogP) is 4.15. The van der Waals surface area contributed by atoms with Gasteiger partial charge in [-0.05, 0) is 30.0 Å². The first-order valence-electron chi connectivity index (χ1n) is 8.49. The highest BCUT2D eigenvalue weighted by molar-refractivity contribution is 5.67. The molecule has 3 rings (SSSR count). The molecule has 1 saturated heterocycles. The molecular weight excluding hydrogens is 300 g/mol. The number of hydrogen-bond acceptors (Lipinski definition) is 3. The second-order valence-corrected chi connectivity index (χ2v) is 6.37. The van der Waals surface area contributed by atoms with Crippen LogP contribution in [0.5, 0.6) is 0 Å². The lowest BCUT2D eigenvalue weighted by Gasteiger charge is -2.37. The normalized spacial score (nSPS) is 20.5. The van der Waals surface area contributed by atoms with Gasteiger partial charge in [-0.1, -0.05) is 55.5 Å². The molecule has 1 N–H and O–H groups in total. The third-order valence-corrected chi connectivity index (χ3v) is 4.49. The molecule has 1 aliphatic rings. The fourth-order valence-electron chi connectivity index (χ4n) is 3.08. The summed E-state index contributed by atoms with van der Waals surface area (Å²) in [5, 5.41) is 3.57. The first kappa shape index (κ1) is 16.4. The minimum absolute atomic E-state index is 0.219. The van der Waals surface area contributed by atoms with Crippen LogP contribution in [-0.4, -0.2) is 30.1 Å². The highest BCUT2D eigenvalue weighted by atomic mass is 16.6. The van der Waals surface area contributed by atoms with E-state index in [1.807, 2.05) is 53.4 Å². The van der Waals surface area contributed by atoms with Gasteiger partial charge in [-0.15, -0.1) is 0 Å². The zero-order valence-corrected chi connectivity index (χ0v) is 14.0. The van der Waals surface area contributed by atoms with Crippen LogP contribution in [-0.2, 0) is 11.3 Å². The third-order valence-electron chi connectivity index (χ3n) is 4.49. The van der Waals surface area contributed by atoms with Gasteiger partial charge in [0.15, 0.2) is 0 Å². The van der Waals surface area contributed by atoms with E-state index in [9.17, 15) is 4.79 Å². The van der Waals surface area contributed by atoms with Gasteiger partial charge in [0.1, 0.15) is 6.61 Å². The van der Waals surface area contributed by atoms with Crippen LogP contribution in [0.15, 0.2) is 60.7 Å². The smallest absolute Gasteiger partial charge is 0.410 e. The number of carbonyl (C=O) groups is 1. The van der Waals surface area contributed by atoms with Gasteiger partial charge in [0, 0.05) is 24.8 Å². The third kappa shape index (κ3) is 4.28. The predicted molar refractivity (Wildman–Crippen MR) is 95.8 cm³/mol. The summed E-state index contributed by atoms with van der Waals surface area (Å²) in [5.41, 5.74) is 2.15. The molecule has 4 heteroatoms. The van der Waals surface area contributed by atoms with Crippen LogP contribution in [0.25, 0.3) is 0 Å². The number of piperidine rings is 1. The zero-order valence-electron chi connectivity index (χ0n) is 14.0. The summed E-state index contributed by atoms with van der Waals surface area (Å²) in [6.07, 6.45) is 0.708. The number of nitrogens with one attached hydrogen (secondary N) is 1. The average molecular weight is 324 g/mol. The Morgan fingerprint density at radius 2 is 1.79 bits per heavy atom. The minimum Gasteiger partial charge on any atom is -0.445 e. The van der Waals surface area contributed by atoms with E-state index < -0.39 is 0 Å². The fraction of sp³-hybridized carbons (Fsp3) is 0.350. The Morgan fingerprint density at radius 3 is 2.46 bits per heavy atom. The Hall–Kier alpha value is -2.49. The van der Waals surface area contributed by atoms with Gasteiger partial charge in [0.05, 0.1) is 0 Å². The van der Waals surface area contributed by atoms with E-state index >= 15 is 0 Å². The second kappa shape index (κ2) is 7.86. The number of carbonyl (C=O) groups excluding carboxylic acids is 1.